The normalized spacial score (nSPS) is 11.4. The zero-order valence-electron chi connectivity index (χ0n) is 12.0. The van der Waals surface area contributed by atoms with Crippen molar-refractivity contribution >= 4 is 27.4 Å². The first kappa shape index (κ1) is 17.2. The van der Waals surface area contributed by atoms with Crippen LogP contribution in [-0.4, -0.2) is 36.4 Å². The zero-order valence-corrected chi connectivity index (χ0v) is 12.8. The third-order valence-electron chi connectivity index (χ3n) is 2.89. The number of hydrogen-bond donors (Lipinski definition) is 2. The molecule has 0 heterocycles. The zero-order chi connectivity index (χ0) is 16.0. The van der Waals surface area contributed by atoms with E-state index in [1.54, 1.807) is 24.3 Å². The molecule has 6 nitrogen and oxygen atoms in total. The Labute approximate surface area is 124 Å². The van der Waals surface area contributed by atoms with E-state index >= 15 is 0 Å². The van der Waals surface area contributed by atoms with Gasteiger partial charge in [-0.15, -0.1) is 0 Å². The number of aryl methyl sites for hydroxylation is 1. The minimum Gasteiger partial charge on any atom is -0.481 e. The molecule has 0 unspecified atom stereocenters. The quantitative estimate of drug-likeness (QED) is 0.794. The van der Waals surface area contributed by atoms with Gasteiger partial charge in [0.25, 0.3) is 0 Å². The molecule has 0 fully saturated rings. The summed E-state index contributed by atoms with van der Waals surface area (Å²) < 4.78 is 23.3. The fourth-order valence-electron chi connectivity index (χ4n) is 1.60. The van der Waals surface area contributed by atoms with Crippen LogP contribution in [0.15, 0.2) is 24.3 Å². The molecule has 7 heteroatoms. The van der Waals surface area contributed by atoms with Crippen molar-refractivity contribution in [1.29, 1.82) is 0 Å². The van der Waals surface area contributed by atoms with Gasteiger partial charge >= 0.3 is 5.97 Å². The molecule has 1 aromatic carbocycles. The van der Waals surface area contributed by atoms with Crippen molar-refractivity contribution in [3.63, 3.8) is 0 Å². The van der Waals surface area contributed by atoms with Crippen molar-refractivity contribution in [2.45, 2.75) is 31.9 Å². The molecule has 116 valence electrons. The summed E-state index contributed by atoms with van der Waals surface area (Å²) in [4.78, 5) is 22.2. The number of sulfone groups is 1. The van der Waals surface area contributed by atoms with E-state index in [4.69, 9.17) is 5.11 Å². The van der Waals surface area contributed by atoms with Gasteiger partial charge in [0.05, 0.1) is 5.25 Å². The summed E-state index contributed by atoms with van der Waals surface area (Å²) in [7, 11) is -3.44. The molecule has 0 aromatic heterocycles. The van der Waals surface area contributed by atoms with E-state index < -0.39 is 32.7 Å². The SMILES string of the molecule is CC(C)S(=O)(=O)CC(=O)Nc1cccc(CCC(=O)O)c1. The number of hydrogen-bond acceptors (Lipinski definition) is 4. The second-order valence-electron chi connectivity index (χ2n) is 5.00. The second kappa shape index (κ2) is 7.21. The fourth-order valence-corrected chi connectivity index (χ4v) is 2.37. The van der Waals surface area contributed by atoms with E-state index in [0.29, 0.717) is 12.1 Å². The van der Waals surface area contributed by atoms with E-state index in [9.17, 15) is 18.0 Å². The van der Waals surface area contributed by atoms with Gasteiger partial charge in [-0.05, 0) is 38.0 Å². The van der Waals surface area contributed by atoms with Crippen molar-refractivity contribution < 1.29 is 23.1 Å². The lowest BCUT2D eigenvalue weighted by molar-refractivity contribution is -0.137. The highest BCUT2D eigenvalue weighted by molar-refractivity contribution is 7.92. The molecule has 1 aromatic rings. The van der Waals surface area contributed by atoms with Crippen LogP contribution in [0.5, 0.6) is 0 Å². The Morgan fingerprint density at radius 2 is 1.95 bits per heavy atom. The summed E-state index contributed by atoms with van der Waals surface area (Å²) in [5.74, 6) is -2.06. The maximum absolute atomic E-state index is 11.7. The molecule has 0 saturated heterocycles. The van der Waals surface area contributed by atoms with Crippen LogP contribution >= 0.6 is 0 Å². The summed E-state index contributed by atoms with van der Waals surface area (Å²) in [6.07, 6.45) is 0.350. The van der Waals surface area contributed by atoms with Gasteiger partial charge in [0.1, 0.15) is 5.75 Å². The van der Waals surface area contributed by atoms with Gasteiger partial charge in [-0.2, -0.15) is 0 Å². The van der Waals surface area contributed by atoms with E-state index in [-0.39, 0.29) is 6.42 Å². The highest BCUT2D eigenvalue weighted by atomic mass is 32.2. The Kier molecular flexibility index (Phi) is 5.90. The minimum atomic E-state index is -3.44. The molecule has 0 spiro atoms. The number of carboxylic acid groups (broad SMARTS) is 1. The molecule has 0 saturated carbocycles. The predicted molar refractivity (Wildman–Crippen MR) is 80.0 cm³/mol. The van der Waals surface area contributed by atoms with E-state index in [1.165, 1.54) is 13.8 Å². The van der Waals surface area contributed by atoms with Crippen molar-refractivity contribution in [2.24, 2.45) is 0 Å². The van der Waals surface area contributed by atoms with Crippen LogP contribution in [-0.2, 0) is 25.8 Å². The predicted octanol–water partition coefficient (Wildman–Crippen LogP) is 1.47. The van der Waals surface area contributed by atoms with Crippen LogP contribution in [0.25, 0.3) is 0 Å². The number of aliphatic carboxylic acids is 1. The third-order valence-corrected chi connectivity index (χ3v) is 4.99. The highest BCUT2D eigenvalue weighted by Crippen LogP contribution is 2.13. The van der Waals surface area contributed by atoms with Crippen LogP contribution in [0.4, 0.5) is 5.69 Å². The minimum absolute atomic E-state index is 0.000865. The van der Waals surface area contributed by atoms with E-state index in [1.807, 2.05) is 0 Å². The number of carboxylic acids is 1. The maximum Gasteiger partial charge on any atom is 0.303 e. The van der Waals surface area contributed by atoms with Crippen LogP contribution in [0.1, 0.15) is 25.8 Å². The second-order valence-corrected chi connectivity index (χ2v) is 7.56. The molecule has 0 radical (unpaired) electrons. The lowest BCUT2D eigenvalue weighted by atomic mass is 10.1. The van der Waals surface area contributed by atoms with Crippen molar-refractivity contribution in [3.8, 4) is 0 Å². The Balaban J connectivity index is 2.68. The third kappa shape index (κ3) is 5.95. The number of benzene rings is 1. The molecule has 0 aliphatic carbocycles. The average molecular weight is 313 g/mol. The molecule has 0 aliphatic rings. The molecule has 0 aliphatic heterocycles. The molecule has 21 heavy (non-hydrogen) atoms. The smallest absolute Gasteiger partial charge is 0.303 e. The molecular formula is C14H19NO5S. The van der Waals surface area contributed by atoms with Crippen LogP contribution < -0.4 is 5.32 Å². The van der Waals surface area contributed by atoms with Gasteiger partial charge in [-0.25, -0.2) is 8.42 Å². The number of carbonyl (C=O) groups excluding carboxylic acids is 1. The Morgan fingerprint density at radius 1 is 1.29 bits per heavy atom. The van der Waals surface area contributed by atoms with Gasteiger partial charge in [0, 0.05) is 12.1 Å². The molecule has 2 N–H and O–H groups in total. The van der Waals surface area contributed by atoms with Gasteiger partial charge in [-0.3, -0.25) is 9.59 Å². The van der Waals surface area contributed by atoms with Crippen LogP contribution in [0.3, 0.4) is 0 Å². The van der Waals surface area contributed by atoms with E-state index in [2.05, 4.69) is 5.32 Å². The largest absolute Gasteiger partial charge is 0.481 e. The number of amides is 1. The first-order valence-electron chi connectivity index (χ1n) is 6.53. The molecule has 1 amide bonds. The summed E-state index contributed by atoms with van der Waals surface area (Å²) in [6, 6.07) is 6.71. The lowest BCUT2D eigenvalue weighted by Gasteiger charge is -2.09. The average Bonchev–Trinajstić information content (AvgIpc) is 2.35. The topological polar surface area (TPSA) is 101 Å². The number of carbonyl (C=O) groups is 2. The Hall–Kier alpha value is -1.89. The van der Waals surface area contributed by atoms with E-state index in [0.717, 1.165) is 5.56 Å². The Bertz CT molecular complexity index is 622. The van der Waals surface area contributed by atoms with Crippen LogP contribution in [0, 0.1) is 0 Å². The number of anilines is 1. The highest BCUT2D eigenvalue weighted by Gasteiger charge is 2.20. The van der Waals surface area contributed by atoms with Gasteiger partial charge < -0.3 is 10.4 Å². The lowest BCUT2D eigenvalue weighted by Crippen LogP contribution is -2.27. The first-order chi connectivity index (χ1) is 9.70. The van der Waals surface area contributed by atoms with Crippen molar-refractivity contribution in [2.75, 3.05) is 11.1 Å². The number of rotatable bonds is 7. The summed E-state index contributed by atoms with van der Waals surface area (Å²) in [5, 5.41) is 10.5. The van der Waals surface area contributed by atoms with Gasteiger partial charge in [0.2, 0.25) is 5.91 Å². The summed E-state index contributed by atoms with van der Waals surface area (Å²) >= 11 is 0. The monoisotopic (exact) mass is 313 g/mol. The van der Waals surface area contributed by atoms with Gasteiger partial charge in [0.15, 0.2) is 9.84 Å². The van der Waals surface area contributed by atoms with Crippen molar-refractivity contribution in [1.82, 2.24) is 0 Å². The summed E-state index contributed by atoms with van der Waals surface area (Å²) in [6.45, 7) is 3.05. The fraction of sp³-hybridized carbons (Fsp3) is 0.429. The standard InChI is InChI=1S/C14H19NO5S/c1-10(2)21(19,20)9-13(16)15-12-5-3-4-11(8-12)6-7-14(17)18/h3-5,8,10H,6-7,9H2,1-2H3,(H,15,16)(H,17,18). The molecule has 1 rings (SSSR count). The first-order valence-corrected chi connectivity index (χ1v) is 8.24. The molecule has 0 bridgehead atoms. The number of nitrogens with one attached hydrogen (secondary N) is 1. The van der Waals surface area contributed by atoms with Crippen molar-refractivity contribution in [3.05, 3.63) is 29.8 Å². The van der Waals surface area contributed by atoms with Gasteiger partial charge in [-0.1, -0.05) is 12.1 Å². The van der Waals surface area contributed by atoms with Crippen LogP contribution in [0.2, 0.25) is 0 Å². The summed E-state index contributed by atoms with van der Waals surface area (Å²) in [5.41, 5.74) is 1.23. The molecular weight excluding hydrogens is 294 g/mol. The Morgan fingerprint density at radius 3 is 2.52 bits per heavy atom. The molecule has 0 atom stereocenters. The maximum atomic E-state index is 11.7.